The summed E-state index contributed by atoms with van der Waals surface area (Å²) in [7, 11) is -3.93. The highest BCUT2D eigenvalue weighted by atomic mass is 35.5. The second-order valence-electron chi connectivity index (χ2n) is 7.84. The smallest absolute Gasteiger partial charge is 0.229 e. The molecule has 33 heavy (non-hydrogen) atoms. The summed E-state index contributed by atoms with van der Waals surface area (Å²) >= 11 is 6.25. The van der Waals surface area contributed by atoms with Gasteiger partial charge >= 0.3 is 0 Å². The largest absolute Gasteiger partial charge is 0.365 e. The van der Waals surface area contributed by atoms with Crippen molar-refractivity contribution in [1.82, 2.24) is 19.8 Å². The molecule has 2 heterocycles. The number of hydrogen-bond acceptors (Lipinski definition) is 6. The van der Waals surface area contributed by atoms with Crippen LogP contribution in [0.4, 0.5) is 5.82 Å². The molecule has 0 aliphatic rings. The predicted molar refractivity (Wildman–Crippen MR) is 128 cm³/mol. The molecule has 0 aliphatic heterocycles. The van der Waals surface area contributed by atoms with Gasteiger partial charge in [-0.15, -0.1) is 5.10 Å². The summed E-state index contributed by atoms with van der Waals surface area (Å²) in [6, 6.07) is 20.1. The standard InChI is InChI=1S/C24H20ClN5O2S/c1-15-8-10-19(12-16(15)2)33(31,32)24-23-27-22(26-14-17-6-4-3-5-7-17)20-13-18(25)9-11-21(20)30(23)29-28-24/h3-13H,14H2,1-2H3,(H,26,27). The highest BCUT2D eigenvalue weighted by molar-refractivity contribution is 7.91. The molecule has 9 heteroatoms. The van der Waals surface area contributed by atoms with Gasteiger partial charge in [-0.2, -0.15) is 4.52 Å². The molecule has 5 aromatic rings. The minimum absolute atomic E-state index is 0.151. The molecule has 2 aromatic heterocycles. The van der Waals surface area contributed by atoms with Gasteiger partial charge in [-0.3, -0.25) is 0 Å². The van der Waals surface area contributed by atoms with E-state index in [2.05, 4.69) is 20.6 Å². The van der Waals surface area contributed by atoms with E-state index in [0.717, 1.165) is 16.7 Å². The van der Waals surface area contributed by atoms with Gasteiger partial charge < -0.3 is 5.32 Å². The van der Waals surface area contributed by atoms with Crippen LogP contribution in [0.1, 0.15) is 16.7 Å². The Bertz CT molecular complexity index is 1620. The molecule has 0 unspecified atom stereocenters. The number of benzene rings is 3. The Hall–Kier alpha value is -3.49. The lowest BCUT2D eigenvalue weighted by atomic mass is 10.1. The Kier molecular flexibility index (Phi) is 5.26. The van der Waals surface area contributed by atoms with Gasteiger partial charge in [0.05, 0.1) is 10.4 Å². The molecule has 5 rings (SSSR count). The first-order chi connectivity index (χ1) is 15.8. The first-order valence-electron chi connectivity index (χ1n) is 10.3. The van der Waals surface area contributed by atoms with E-state index in [0.29, 0.717) is 28.3 Å². The third-order valence-corrected chi connectivity index (χ3v) is 7.51. The van der Waals surface area contributed by atoms with E-state index in [9.17, 15) is 8.42 Å². The van der Waals surface area contributed by atoms with Crippen LogP contribution >= 0.6 is 11.6 Å². The fourth-order valence-electron chi connectivity index (χ4n) is 3.65. The zero-order valence-corrected chi connectivity index (χ0v) is 19.5. The van der Waals surface area contributed by atoms with Crippen LogP contribution < -0.4 is 5.32 Å². The van der Waals surface area contributed by atoms with Gasteiger partial charge in [0.25, 0.3) is 0 Å². The van der Waals surface area contributed by atoms with Crippen molar-refractivity contribution in [2.75, 3.05) is 5.32 Å². The van der Waals surface area contributed by atoms with Crippen molar-refractivity contribution in [2.45, 2.75) is 30.3 Å². The number of halogens is 1. The van der Waals surface area contributed by atoms with E-state index in [1.165, 1.54) is 4.52 Å². The monoisotopic (exact) mass is 477 g/mol. The average molecular weight is 478 g/mol. The minimum Gasteiger partial charge on any atom is -0.365 e. The number of aryl methyl sites for hydroxylation is 2. The van der Waals surface area contributed by atoms with E-state index < -0.39 is 9.84 Å². The normalized spacial score (nSPS) is 11.8. The van der Waals surface area contributed by atoms with Crippen LogP contribution in [0.25, 0.3) is 16.6 Å². The van der Waals surface area contributed by atoms with Crippen LogP contribution in [-0.4, -0.2) is 28.2 Å². The summed E-state index contributed by atoms with van der Waals surface area (Å²) in [5, 5.41) is 12.5. The maximum absolute atomic E-state index is 13.5. The first-order valence-corrected chi connectivity index (χ1v) is 12.2. The molecule has 0 spiro atoms. The van der Waals surface area contributed by atoms with E-state index in [1.807, 2.05) is 44.2 Å². The van der Waals surface area contributed by atoms with Crippen molar-refractivity contribution in [3.63, 3.8) is 0 Å². The lowest BCUT2D eigenvalue weighted by Crippen LogP contribution is -2.07. The molecule has 0 aliphatic carbocycles. The molecule has 0 fully saturated rings. The maximum atomic E-state index is 13.5. The van der Waals surface area contributed by atoms with Crippen molar-refractivity contribution >= 4 is 43.8 Å². The van der Waals surface area contributed by atoms with Crippen LogP contribution in [0.15, 0.2) is 76.7 Å². The number of nitrogens with zero attached hydrogens (tertiary/aromatic N) is 4. The quantitative estimate of drug-likeness (QED) is 0.383. The molecule has 0 saturated carbocycles. The number of sulfone groups is 1. The van der Waals surface area contributed by atoms with Crippen LogP contribution in [0.3, 0.4) is 0 Å². The topological polar surface area (TPSA) is 89.2 Å². The number of anilines is 1. The number of fused-ring (bicyclic) bond motifs is 3. The fourth-order valence-corrected chi connectivity index (χ4v) is 5.14. The molecule has 7 nitrogen and oxygen atoms in total. The Morgan fingerprint density at radius 2 is 1.76 bits per heavy atom. The number of aromatic nitrogens is 4. The second-order valence-corrected chi connectivity index (χ2v) is 10.1. The number of hydrogen-bond donors (Lipinski definition) is 1. The molecule has 0 bridgehead atoms. The van der Waals surface area contributed by atoms with Crippen LogP contribution in [0.2, 0.25) is 5.02 Å². The van der Waals surface area contributed by atoms with Crippen molar-refractivity contribution in [3.8, 4) is 0 Å². The summed E-state index contributed by atoms with van der Waals surface area (Å²) in [6.45, 7) is 4.31. The highest BCUT2D eigenvalue weighted by Crippen LogP contribution is 2.30. The lowest BCUT2D eigenvalue weighted by molar-refractivity contribution is 0.592. The van der Waals surface area contributed by atoms with Gasteiger partial charge in [-0.05, 0) is 60.9 Å². The average Bonchev–Trinajstić information content (AvgIpc) is 3.24. The zero-order chi connectivity index (χ0) is 23.2. The first kappa shape index (κ1) is 21.4. The van der Waals surface area contributed by atoms with Crippen LogP contribution in [0.5, 0.6) is 0 Å². The van der Waals surface area contributed by atoms with E-state index >= 15 is 0 Å². The van der Waals surface area contributed by atoms with Gasteiger partial charge in [0.2, 0.25) is 14.9 Å². The SMILES string of the molecule is Cc1ccc(S(=O)(=O)c2nnn3c2nc(NCc2ccccc2)c2cc(Cl)ccc23)cc1C. The summed E-state index contributed by atoms with van der Waals surface area (Å²) in [5.41, 5.74) is 3.75. The molecule has 166 valence electrons. The van der Waals surface area contributed by atoms with Gasteiger partial charge in [0.1, 0.15) is 5.82 Å². The molecule has 3 aromatic carbocycles. The van der Waals surface area contributed by atoms with E-state index in [4.69, 9.17) is 11.6 Å². The van der Waals surface area contributed by atoms with Crippen molar-refractivity contribution in [2.24, 2.45) is 0 Å². The third-order valence-electron chi connectivity index (χ3n) is 5.62. The Morgan fingerprint density at radius 3 is 2.52 bits per heavy atom. The maximum Gasteiger partial charge on any atom is 0.229 e. The van der Waals surface area contributed by atoms with Gasteiger partial charge in [0.15, 0.2) is 5.65 Å². The fraction of sp³-hybridized carbons (Fsp3) is 0.125. The zero-order valence-electron chi connectivity index (χ0n) is 17.9. The second kappa shape index (κ2) is 8.13. The molecular weight excluding hydrogens is 458 g/mol. The van der Waals surface area contributed by atoms with E-state index in [-0.39, 0.29) is 15.6 Å². The van der Waals surface area contributed by atoms with Gasteiger partial charge in [-0.25, -0.2) is 13.4 Å². The Morgan fingerprint density at radius 1 is 0.970 bits per heavy atom. The molecule has 0 radical (unpaired) electrons. The number of rotatable bonds is 5. The molecule has 0 atom stereocenters. The molecule has 1 N–H and O–H groups in total. The third kappa shape index (κ3) is 3.81. The van der Waals surface area contributed by atoms with Crippen LogP contribution in [0, 0.1) is 13.8 Å². The summed E-state index contributed by atoms with van der Waals surface area (Å²) in [4.78, 5) is 4.80. The number of nitrogens with one attached hydrogen (secondary N) is 1. The van der Waals surface area contributed by atoms with Crippen molar-refractivity contribution in [1.29, 1.82) is 0 Å². The predicted octanol–water partition coefficient (Wildman–Crippen LogP) is 4.99. The van der Waals surface area contributed by atoms with Gasteiger partial charge in [-0.1, -0.05) is 53.2 Å². The van der Waals surface area contributed by atoms with Gasteiger partial charge in [0, 0.05) is 17.0 Å². The summed E-state index contributed by atoms with van der Waals surface area (Å²) < 4.78 is 28.3. The molecular formula is C24H20ClN5O2S. The Balaban J connectivity index is 1.69. The lowest BCUT2D eigenvalue weighted by Gasteiger charge is -2.11. The molecule has 0 saturated heterocycles. The van der Waals surface area contributed by atoms with Crippen molar-refractivity contribution < 1.29 is 8.42 Å². The van der Waals surface area contributed by atoms with E-state index in [1.54, 1.807) is 36.4 Å². The summed E-state index contributed by atoms with van der Waals surface area (Å²) in [6.07, 6.45) is 0. The molecule has 0 amide bonds. The highest BCUT2D eigenvalue weighted by Gasteiger charge is 2.27. The van der Waals surface area contributed by atoms with Crippen molar-refractivity contribution in [3.05, 3.63) is 88.4 Å². The summed E-state index contributed by atoms with van der Waals surface area (Å²) in [5.74, 6) is 0.502. The Labute approximate surface area is 196 Å². The minimum atomic E-state index is -3.93. The van der Waals surface area contributed by atoms with Crippen LogP contribution in [-0.2, 0) is 16.4 Å².